The smallest absolute Gasteiger partial charge is 0.246 e. The summed E-state index contributed by atoms with van der Waals surface area (Å²) in [6.07, 6.45) is 1.95. The highest BCUT2D eigenvalue weighted by atomic mass is 35.5. The van der Waals surface area contributed by atoms with Gasteiger partial charge in [0, 0.05) is 24.4 Å². The van der Waals surface area contributed by atoms with Gasteiger partial charge in [-0.25, -0.2) is 0 Å². The molecule has 0 atom stereocenters. The number of hydrogen-bond donors (Lipinski definition) is 1. The van der Waals surface area contributed by atoms with Crippen LogP contribution in [0.5, 0.6) is 0 Å². The minimum atomic E-state index is -0.0618. The van der Waals surface area contributed by atoms with E-state index >= 15 is 0 Å². The molecule has 0 fully saturated rings. The van der Waals surface area contributed by atoms with Crippen LogP contribution in [0.3, 0.4) is 0 Å². The van der Waals surface area contributed by atoms with E-state index in [1.165, 1.54) is 0 Å². The normalized spacial score (nSPS) is 11.5. The average molecular weight is 236 g/mol. The van der Waals surface area contributed by atoms with Crippen molar-refractivity contribution >= 4 is 17.5 Å². The number of amides is 1. The van der Waals surface area contributed by atoms with Crippen LogP contribution in [0.15, 0.2) is 0 Å². The second-order valence-electron chi connectivity index (χ2n) is 3.75. The predicted molar refractivity (Wildman–Crippen MR) is 63.2 cm³/mol. The van der Waals surface area contributed by atoms with E-state index in [9.17, 15) is 4.79 Å². The standard InChI is InChI=1S/C11H22ClNO2/c1-4-11(5-2,8-12)9-13-10(14)7-15-6-3/h4-9H2,1-3H3,(H,13,14). The Bertz CT molecular complexity index is 173. The first-order valence-corrected chi connectivity index (χ1v) is 6.08. The van der Waals surface area contributed by atoms with Gasteiger partial charge in [0.15, 0.2) is 0 Å². The van der Waals surface area contributed by atoms with Gasteiger partial charge in [-0.15, -0.1) is 11.6 Å². The zero-order valence-electron chi connectivity index (χ0n) is 9.94. The Morgan fingerprint density at radius 1 is 1.33 bits per heavy atom. The molecule has 4 heteroatoms. The number of hydrogen-bond acceptors (Lipinski definition) is 2. The zero-order chi connectivity index (χ0) is 11.7. The Morgan fingerprint density at radius 2 is 1.93 bits per heavy atom. The van der Waals surface area contributed by atoms with Gasteiger partial charge in [0.25, 0.3) is 0 Å². The van der Waals surface area contributed by atoms with Crippen LogP contribution in [0.2, 0.25) is 0 Å². The van der Waals surface area contributed by atoms with Crippen molar-refractivity contribution in [1.82, 2.24) is 5.32 Å². The summed E-state index contributed by atoms with van der Waals surface area (Å²) in [5.74, 6) is 0.516. The number of carbonyl (C=O) groups is 1. The third kappa shape index (κ3) is 5.38. The Labute approximate surface area is 97.5 Å². The van der Waals surface area contributed by atoms with E-state index in [1.54, 1.807) is 0 Å². The largest absolute Gasteiger partial charge is 0.372 e. The van der Waals surface area contributed by atoms with Gasteiger partial charge in [0.05, 0.1) is 0 Å². The summed E-state index contributed by atoms with van der Waals surface area (Å²) in [6, 6.07) is 0. The van der Waals surface area contributed by atoms with Crippen LogP contribution in [-0.4, -0.2) is 31.5 Å². The number of ether oxygens (including phenoxy) is 1. The Kier molecular flexibility index (Phi) is 7.79. The van der Waals surface area contributed by atoms with Gasteiger partial charge in [-0.3, -0.25) is 4.79 Å². The first-order chi connectivity index (χ1) is 7.14. The lowest BCUT2D eigenvalue weighted by Crippen LogP contribution is -2.39. The monoisotopic (exact) mass is 235 g/mol. The number of carbonyl (C=O) groups excluding carboxylic acids is 1. The molecule has 0 unspecified atom stereocenters. The van der Waals surface area contributed by atoms with Gasteiger partial charge >= 0.3 is 0 Å². The van der Waals surface area contributed by atoms with Crippen molar-refractivity contribution in [3.63, 3.8) is 0 Å². The SMILES string of the molecule is CCOCC(=O)NCC(CC)(CC)CCl. The minimum Gasteiger partial charge on any atom is -0.372 e. The molecule has 0 rings (SSSR count). The number of halogens is 1. The molecule has 0 aromatic rings. The molecule has 0 heterocycles. The zero-order valence-corrected chi connectivity index (χ0v) is 10.7. The van der Waals surface area contributed by atoms with E-state index in [2.05, 4.69) is 19.2 Å². The fraction of sp³-hybridized carbons (Fsp3) is 0.909. The molecule has 0 aliphatic carbocycles. The van der Waals surface area contributed by atoms with Gasteiger partial charge in [-0.1, -0.05) is 13.8 Å². The lowest BCUT2D eigenvalue weighted by Gasteiger charge is -2.29. The quantitative estimate of drug-likeness (QED) is 0.655. The summed E-state index contributed by atoms with van der Waals surface area (Å²) in [7, 11) is 0. The second-order valence-corrected chi connectivity index (χ2v) is 4.02. The second kappa shape index (κ2) is 7.94. The van der Waals surface area contributed by atoms with E-state index in [0.29, 0.717) is 19.0 Å². The molecule has 0 saturated carbocycles. The molecule has 0 aliphatic rings. The van der Waals surface area contributed by atoms with Gasteiger partial charge < -0.3 is 10.1 Å². The molecule has 0 saturated heterocycles. The molecular weight excluding hydrogens is 214 g/mol. The van der Waals surface area contributed by atoms with Crippen molar-refractivity contribution in [3.05, 3.63) is 0 Å². The van der Waals surface area contributed by atoms with Crippen LogP contribution in [0.1, 0.15) is 33.6 Å². The topological polar surface area (TPSA) is 38.3 Å². The van der Waals surface area contributed by atoms with Gasteiger partial charge in [-0.05, 0) is 19.8 Å². The average Bonchev–Trinajstić information content (AvgIpc) is 2.29. The highest BCUT2D eigenvalue weighted by Gasteiger charge is 2.25. The van der Waals surface area contributed by atoms with Crippen molar-refractivity contribution in [3.8, 4) is 0 Å². The molecule has 15 heavy (non-hydrogen) atoms. The van der Waals surface area contributed by atoms with Gasteiger partial charge in [0.1, 0.15) is 6.61 Å². The van der Waals surface area contributed by atoms with E-state index in [4.69, 9.17) is 16.3 Å². The third-order valence-corrected chi connectivity index (χ3v) is 3.45. The Balaban J connectivity index is 3.93. The van der Waals surface area contributed by atoms with Crippen molar-refractivity contribution in [1.29, 1.82) is 0 Å². The van der Waals surface area contributed by atoms with Crippen molar-refractivity contribution < 1.29 is 9.53 Å². The fourth-order valence-electron chi connectivity index (χ4n) is 1.27. The van der Waals surface area contributed by atoms with Crippen molar-refractivity contribution in [2.24, 2.45) is 5.41 Å². The van der Waals surface area contributed by atoms with Crippen LogP contribution >= 0.6 is 11.6 Å². The Morgan fingerprint density at radius 3 is 2.33 bits per heavy atom. The number of alkyl halides is 1. The van der Waals surface area contributed by atoms with Crippen LogP contribution in [-0.2, 0) is 9.53 Å². The molecule has 0 aromatic heterocycles. The molecule has 0 bridgehead atoms. The summed E-state index contributed by atoms with van der Waals surface area (Å²) in [6.45, 7) is 7.41. The molecule has 1 N–H and O–H groups in total. The van der Waals surface area contributed by atoms with Crippen LogP contribution in [0, 0.1) is 5.41 Å². The van der Waals surface area contributed by atoms with Gasteiger partial charge in [-0.2, -0.15) is 0 Å². The van der Waals surface area contributed by atoms with E-state index in [1.807, 2.05) is 6.92 Å². The summed E-state index contributed by atoms with van der Waals surface area (Å²) in [5.41, 5.74) is 0.0312. The molecule has 0 spiro atoms. The number of nitrogens with one attached hydrogen (secondary N) is 1. The summed E-state index contributed by atoms with van der Waals surface area (Å²) in [5, 5.41) is 2.86. The lowest BCUT2D eigenvalue weighted by molar-refractivity contribution is -0.126. The van der Waals surface area contributed by atoms with Gasteiger partial charge in [0.2, 0.25) is 5.91 Å². The predicted octanol–water partition coefficient (Wildman–Crippen LogP) is 2.18. The maximum absolute atomic E-state index is 11.3. The third-order valence-electron chi connectivity index (χ3n) is 2.88. The van der Waals surface area contributed by atoms with E-state index < -0.39 is 0 Å². The fourth-order valence-corrected chi connectivity index (χ4v) is 1.74. The van der Waals surface area contributed by atoms with Crippen LogP contribution in [0.4, 0.5) is 0 Å². The first-order valence-electron chi connectivity index (χ1n) is 5.54. The summed E-state index contributed by atoms with van der Waals surface area (Å²) >= 11 is 5.93. The minimum absolute atomic E-state index is 0.0312. The lowest BCUT2D eigenvalue weighted by atomic mass is 9.84. The molecule has 0 radical (unpaired) electrons. The van der Waals surface area contributed by atoms with Crippen molar-refractivity contribution in [2.75, 3.05) is 25.6 Å². The van der Waals surface area contributed by atoms with E-state index in [0.717, 1.165) is 12.8 Å². The van der Waals surface area contributed by atoms with Crippen LogP contribution < -0.4 is 5.32 Å². The Hall–Kier alpha value is -0.280. The maximum atomic E-state index is 11.3. The summed E-state index contributed by atoms with van der Waals surface area (Å²) < 4.78 is 5.02. The highest BCUT2D eigenvalue weighted by molar-refractivity contribution is 6.18. The highest BCUT2D eigenvalue weighted by Crippen LogP contribution is 2.26. The van der Waals surface area contributed by atoms with Crippen LogP contribution in [0.25, 0.3) is 0 Å². The molecule has 1 amide bonds. The number of rotatable bonds is 8. The molecule has 0 aliphatic heterocycles. The molecule has 0 aromatic carbocycles. The molecular formula is C11H22ClNO2. The first kappa shape index (κ1) is 14.7. The molecule has 3 nitrogen and oxygen atoms in total. The molecule has 90 valence electrons. The van der Waals surface area contributed by atoms with Crippen molar-refractivity contribution in [2.45, 2.75) is 33.6 Å². The maximum Gasteiger partial charge on any atom is 0.246 e. The summed E-state index contributed by atoms with van der Waals surface area (Å²) in [4.78, 5) is 11.3. The van der Waals surface area contributed by atoms with E-state index in [-0.39, 0.29) is 17.9 Å².